The molecular formula is C15H26N4O2. The molecule has 1 N–H and O–H groups in total. The van der Waals surface area contributed by atoms with Crippen LogP contribution < -0.4 is 15.8 Å². The van der Waals surface area contributed by atoms with Crippen LogP contribution >= 0.6 is 0 Å². The van der Waals surface area contributed by atoms with Crippen molar-refractivity contribution in [3.8, 4) is 0 Å². The molecule has 0 bridgehead atoms. The highest BCUT2D eigenvalue weighted by Gasteiger charge is 2.22. The summed E-state index contributed by atoms with van der Waals surface area (Å²) in [5.74, 6) is 0. The number of ether oxygens (including phenoxy) is 1. The Bertz CT molecular complexity index is 501. The van der Waals surface area contributed by atoms with Gasteiger partial charge in [0.25, 0.3) is 5.56 Å². The molecule has 1 unspecified atom stereocenters. The molecule has 6 nitrogen and oxygen atoms in total. The van der Waals surface area contributed by atoms with Crippen LogP contribution in [0.2, 0.25) is 0 Å². The molecule has 0 saturated carbocycles. The molecule has 0 aromatic carbocycles. The molecule has 0 amide bonds. The SMILES string of the molecule is COC1CCN(c2cnn(CCCNC(C)C)c(=O)c2)C1. The van der Waals surface area contributed by atoms with Gasteiger partial charge in [0.1, 0.15) is 0 Å². The first kappa shape index (κ1) is 16.0. The van der Waals surface area contributed by atoms with Crippen LogP contribution in [0.3, 0.4) is 0 Å². The molecular weight excluding hydrogens is 268 g/mol. The Morgan fingerprint density at radius 3 is 2.95 bits per heavy atom. The molecule has 1 aliphatic rings. The minimum absolute atomic E-state index is 0.0297. The van der Waals surface area contributed by atoms with Gasteiger partial charge in [0.05, 0.1) is 18.0 Å². The van der Waals surface area contributed by atoms with Crippen LogP contribution in [0.15, 0.2) is 17.1 Å². The monoisotopic (exact) mass is 294 g/mol. The molecule has 2 rings (SSSR count). The van der Waals surface area contributed by atoms with E-state index < -0.39 is 0 Å². The van der Waals surface area contributed by atoms with Gasteiger partial charge in [-0.2, -0.15) is 5.10 Å². The lowest BCUT2D eigenvalue weighted by Gasteiger charge is -2.18. The summed E-state index contributed by atoms with van der Waals surface area (Å²) in [5.41, 5.74) is 0.869. The molecule has 1 fully saturated rings. The van der Waals surface area contributed by atoms with E-state index in [-0.39, 0.29) is 11.7 Å². The second kappa shape index (κ2) is 7.56. The van der Waals surface area contributed by atoms with Crippen LogP contribution in [0, 0.1) is 0 Å². The Kier molecular flexibility index (Phi) is 5.76. The van der Waals surface area contributed by atoms with E-state index >= 15 is 0 Å². The van der Waals surface area contributed by atoms with Gasteiger partial charge in [-0.05, 0) is 19.4 Å². The number of rotatable bonds is 7. The summed E-state index contributed by atoms with van der Waals surface area (Å²) in [6.07, 6.45) is 3.95. The predicted molar refractivity (Wildman–Crippen MR) is 83.9 cm³/mol. The molecule has 0 radical (unpaired) electrons. The van der Waals surface area contributed by atoms with Crippen LogP contribution in [0.4, 0.5) is 5.69 Å². The van der Waals surface area contributed by atoms with Crippen LogP contribution in [-0.2, 0) is 11.3 Å². The summed E-state index contributed by atoms with van der Waals surface area (Å²) < 4.78 is 6.89. The Hall–Kier alpha value is -1.40. The summed E-state index contributed by atoms with van der Waals surface area (Å²) >= 11 is 0. The average Bonchev–Trinajstić information content (AvgIpc) is 2.93. The van der Waals surface area contributed by atoms with Crippen molar-refractivity contribution in [3.63, 3.8) is 0 Å². The van der Waals surface area contributed by atoms with Crippen LogP contribution in [-0.4, -0.2) is 48.7 Å². The summed E-state index contributed by atoms with van der Waals surface area (Å²) in [7, 11) is 1.73. The number of hydrogen-bond donors (Lipinski definition) is 1. The highest BCUT2D eigenvalue weighted by atomic mass is 16.5. The Balaban J connectivity index is 1.90. The fraction of sp³-hybridized carbons (Fsp3) is 0.733. The van der Waals surface area contributed by atoms with Crippen LogP contribution in [0.1, 0.15) is 26.7 Å². The minimum Gasteiger partial charge on any atom is -0.380 e. The van der Waals surface area contributed by atoms with Gasteiger partial charge < -0.3 is 15.0 Å². The molecule has 0 spiro atoms. The summed E-state index contributed by atoms with van der Waals surface area (Å²) in [5, 5.41) is 7.62. The molecule has 1 aromatic heterocycles. The van der Waals surface area contributed by atoms with E-state index in [1.54, 1.807) is 19.4 Å². The molecule has 6 heteroatoms. The van der Waals surface area contributed by atoms with Crippen molar-refractivity contribution in [3.05, 3.63) is 22.6 Å². The zero-order valence-corrected chi connectivity index (χ0v) is 13.2. The molecule has 2 heterocycles. The first-order valence-corrected chi connectivity index (χ1v) is 7.68. The molecule has 1 aliphatic heterocycles. The second-order valence-electron chi connectivity index (χ2n) is 5.83. The lowest BCUT2D eigenvalue weighted by Crippen LogP contribution is -2.29. The average molecular weight is 294 g/mol. The van der Waals surface area contributed by atoms with Gasteiger partial charge in [0, 0.05) is 38.9 Å². The molecule has 1 atom stereocenters. The van der Waals surface area contributed by atoms with Crippen molar-refractivity contribution < 1.29 is 4.74 Å². The third kappa shape index (κ3) is 4.54. The number of hydrogen-bond acceptors (Lipinski definition) is 5. The molecule has 1 saturated heterocycles. The van der Waals surface area contributed by atoms with Crippen LogP contribution in [0.25, 0.3) is 0 Å². The van der Waals surface area contributed by atoms with E-state index in [0.29, 0.717) is 12.6 Å². The highest BCUT2D eigenvalue weighted by Crippen LogP contribution is 2.19. The third-order valence-electron chi connectivity index (χ3n) is 3.80. The van der Waals surface area contributed by atoms with Gasteiger partial charge in [-0.3, -0.25) is 4.79 Å². The Morgan fingerprint density at radius 1 is 1.52 bits per heavy atom. The fourth-order valence-electron chi connectivity index (χ4n) is 2.54. The highest BCUT2D eigenvalue weighted by molar-refractivity contribution is 5.44. The molecule has 118 valence electrons. The van der Waals surface area contributed by atoms with Crippen molar-refractivity contribution in [1.82, 2.24) is 15.1 Å². The van der Waals surface area contributed by atoms with Crippen molar-refractivity contribution in [1.29, 1.82) is 0 Å². The Labute approximate surface area is 126 Å². The van der Waals surface area contributed by atoms with E-state index in [0.717, 1.165) is 38.2 Å². The normalized spacial score (nSPS) is 18.7. The number of nitrogens with zero attached hydrogens (tertiary/aromatic N) is 3. The van der Waals surface area contributed by atoms with E-state index in [1.807, 2.05) is 0 Å². The summed E-state index contributed by atoms with van der Waals surface area (Å²) in [6.45, 7) is 7.53. The number of anilines is 1. The van der Waals surface area contributed by atoms with Crippen molar-refractivity contribution >= 4 is 5.69 Å². The zero-order chi connectivity index (χ0) is 15.2. The number of nitrogens with one attached hydrogen (secondary N) is 1. The molecule has 21 heavy (non-hydrogen) atoms. The van der Waals surface area contributed by atoms with Crippen LogP contribution in [0.5, 0.6) is 0 Å². The number of aryl methyl sites for hydroxylation is 1. The maximum atomic E-state index is 12.1. The standard InChI is InChI=1S/C15H26N4O2/c1-12(2)16-6-4-7-19-15(20)9-13(10-17-19)18-8-5-14(11-18)21-3/h9-10,12,14,16H,4-8,11H2,1-3H3. The molecule has 1 aromatic rings. The summed E-state index contributed by atoms with van der Waals surface area (Å²) in [4.78, 5) is 14.3. The molecule has 0 aliphatic carbocycles. The zero-order valence-electron chi connectivity index (χ0n) is 13.2. The van der Waals surface area contributed by atoms with E-state index in [4.69, 9.17) is 4.74 Å². The number of methoxy groups -OCH3 is 1. The first-order chi connectivity index (χ1) is 10.1. The maximum absolute atomic E-state index is 12.1. The lowest BCUT2D eigenvalue weighted by molar-refractivity contribution is 0.121. The largest absolute Gasteiger partial charge is 0.380 e. The lowest BCUT2D eigenvalue weighted by atomic mass is 10.3. The summed E-state index contributed by atoms with van der Waals surface area (Å²) in [6, 6.07) is 2.15. The fourth-order valence-corrected chi connectivity index (χ4v) is 2.54. The topological polar surface area (TPSA) is 59.4 Å². The Morgan fingerprint density at radius 2 is 2.33 bits per heavy atom. The van der Waals surface area contributed by atoms with E-state index in [1.165, 1.54) is 4.68 Å². The van der Waals surface area contributed by atoms with E-state index in [2.05, 4.69) is 29.2 Å². The smallest absolute Gasteiger partial charge is 0.268 e. The van der Waals surface area contributed by atoms with Crippen molar-refractivity contribution in [2.24, 2.45) is 0 Å². The van der Waals surface area contributed by atoms with Gasteiger partial charge in [0.15, 0.2) is 0 Å². The van der Waals surface area contributed by atoms with Crippen molar-refractivity contribution in [2.45, 2.75) is 45.4 Å². The quantitative estimate of drug-likeness (QED) is 0.756. The second-order valence-corrected chi connectivity index (χ2v) is 5.83. The van der Waals surface area contributed by atoms with Crippen molar-refractivity contribution in [2.75, 3.05) is 31.6 Å². The van der Waals surface area contributed by atoms with Gasteiger partial charge in [-0.25, -0.2) is 4.68 Å². The predicted octanol–water partition coefficient (Wildman–Crippen LogP) is 0.857. The van der Waals surface area contributed by atoms with Gasteiger partial charge in [-0.15, -0.1) is 0 Å². The third-order valence-corrected chi connectivity index (χ3v) is 3.80. The van der Waals surface area contributed by atoms with Gasteiger partial charge >= 0.3 is 0 Å². The van der Waals surface area contributed by atoms with Gasteiger partial charge in [-0.1, -0.05) is 13.8 Å². The maximum Gasteiger partial charge on any atom is 0.268 e. The first-order valence-electron chi connectivity index (χ1n) is 7.68. The van der Waals surface area contributed by atoms with Gasteiger partial charge in [0.2, 0.25) is 0 Å². The minimum atomic E-state index is -0.0297. The number of aromatic nitrogens is 2. The van der Waals surface area contributed by atoms with E-state index in [9.17, 15) is 4.79 Å².